The highest BCUT2D eigenvalue weighted by Crippen LogP contribution is 2.29. The number of ether oxygens (including phenoxy) is 4. The highest BCUT2D eigenvalue weighted by atomic mass is 16.8. The van der Waals surface area contributed by atoms with Gasteiger partial charge >= 0.3 is 5.97 Å². The van der Waals surface area contributed by atoms with Crippen LogP contribution in [0.3, 0.4) is 0 Å². The van der Waals surface area contributed by atoms with Crippen LogP contribution >= 0.6 is 0 Å². The van der Waals surface area contributed by atoms with Crippen molar-refractivity contribution < 1.29 is 23.7 Å². The molecule has 0 aromatic heterocycles. The van der Waals surface area contributed by atoms with E-state index in [9.17, 15) is 4.79 Å². The first-order valence-corrected chi connectivity index (χ1v) is 9.14. The zero-order valence-electron chi connectivity index (χ0n) is 16.0. The second-order valence-electron chi connectivity index (χ2n) is 7.18. The number of rotatable bonds is 7. The topological polar surface area (TPSA) is 54.0 Å². The Kier molecular flexibility index (Phi) is 6.26. The summed E-state index contributed by atoms with van der Waals surface area (Å²) in [6, 6.07) is 17.2. The molecule has 0 aliphatic carbocycles. The summed E-state index contributed by atoms with van der Waals surface area (Å²) in [5.41, 5.74) is 2.71. The van der Waals surface area contributed by atoms with Crippen LogP contribution in [0, 0.1) is 6.92 Å². The van der Waals surface area contributed by atoms with Gasteiger partial charge in [-0.15, -0.1) is 0 Å². The average Bonchev–Trinajstić information content (AvgIpc) is 2.95. The monoisotopic (exact) mass is 370 g/mol. The molecule has 1 saturated heterocycles. The summed E-state index contributed by atoms with van der Waals surface area (Å²) >= 11 is 0. The van der Waals surface area contributed by atoms with Gasteiger partial charge in [0, 0.05) is 0 Å². The molecule has 2 aromatic carbocycles. The van der Waals surface area contributed by atoms with Crippen LogP contribution in [0.4, 0.5) is 0 Å². The normalized spacial score (nSPS) is 21.1. The Balaban J connectivity index is 1.52. The van der Waals surface area contributed by atoms with E-state index < -0.39 is 5.79 Å². The zero-order valence-corrected chi connectivity index (χ0v) is 16.0. The minimum absolute atomic E-state index is 0.121. The summed E-state index contributed by atoms with van der Waals surface area (Å²) in [6.07, 6.45) is -0.667. The van der Waals surface area contributed by atoms with E-state index in [1.54, 1.807) is 12.1 Å². The van der Waals surface area contributed by atoms with Crippen LogP contribution in [0.2, 0.25) is 0 Å². The Morgan fingerprint density at radius 3 is 2.26 bits per heavy atom. The molecular weight excluding hydrogens is 344 g/mol. The highest BCUT2D eigenvalue weighted by Gasteiger charge is 2.42. The Labute approximate surface area is 160 Å². The third-order valence-corrected chi connectivity index (χ3v) is 4.34. The van der Waals surface area contributed by atoms with Crippen LogP contribution in [0.15, 0.2) is 54.6 Å². The number of carbonyl (C=O) groups is 1. The van der Waals surface area contributed by atoms with Gasteiger partial charge in [0.2, 0.25) is 0 Å². The van der Waals surface area contributed by atoms with Gasteiger partial charge in [0.25, 0.3) is 0 Å². The van der Waals surface area contributed by atoms with Crippen molar-refractivity contribution in [3.05, 3.63) is 71.3 Å². The predicted octanol–water partition coefficient (Wildman–Crippen LogP) is 3.89. The van der Waals surface area contributed by atoms with Crippen molar-refractivity contribution in [2.24, 2.45) is 0 Å². The fraction of sp³-hybridized carbons (Fsp3) is 0.409. The second-order valence-corrected chi connectivity index (χ2v) is 7.18. The smallest absolute Gasteiger partial charge is 0.338 e. The number of hydrogen-bond acceptors (Lipinski definition) is 5. The van der Waals surface area contributed by atoms with Gasteiger partial charge in [-0.3, -0.25) is 0 Å². The predicted molar refractivity (Wildman–Crippen MR) is 101 cm³/mol. The standard InChI is InChI=1S/C22H26O5/c1-16-9-11-18(12-10-16)21(23)25-15-20-19(26-22(2,3)27-20)14-24-13-17-7-5-4-6-8-17/h4-12,19-20H,13-15H2,1-3H3/t19-,20-/m0/s1. The zero-order chi connectivity index (χ0) is 19.3. The molecule has 0 bridgehead atoms. The number of benzene rings is 2. The summed E-state index contributed by atoms with van der Waals surface area (Å²) in [5, 5.41) is 0. The molecule has 27 heavy (non-hydrogen) atoms. The maximum Gasteiger partial charge on any atom is 0.338 e. The summed E-state index contributed by atoms with van der Waals surface area (Å²) in [7, 11) is 0. The summed E-state index contributed by atoms with van der Waals surface area (Å²) in [6.45, 7) is 6.65. The molecule has 3 rings (SSSR count). The van der Waals surface area contributed by atoms with Gasteiger partial charge in [-0.25, -0.2) is 4.79 Å². The highest BCUT2D eigenvalue weighted by molar-refractivity contribution is 5.89. The fourth-order valence-electron chi connectivity index (χ4n) is 2.99. The van der Waals surface area contributed by atoms with E-state index in [1.807, 2.05) is 63.2 Å². The van der Waals surface area contributed by atoms with E-state index >= 15 is 0 Å². The molecule has 0 unspecified atom stereocenters. The van der Waals surface area contributed by atoms with Crippen LogP contribution in [0.1, 0.15) is 35.3 Å². The minimum Gasteiger partial charge on any atom is -0.459 e. The quantitative estimate of drug-likeness (QED) is 0.692. The van der Waals surface area contributed by atoms with Crippen molar-refractivity contribution in [2.75, 3.05) is 13.2 Å². The third-order valence-electron chi connectivity index (χ3n) is 4.34. The Morgan fingerprint density at radius 2 is 1.59 bits per heavy atom. The molecule has 1 heterocycles. The molecule has 5 heteroatoms. The van der Waals surface area contributed by atoms with Crippen LogP contribution in [-0.4, -0.2) is 37.2 Å². The molecule has 1 fully saturated rings. The maximum absolute atomic E-state index is 12.2. The van der Waals surface area contributed by atoms with Crippen LogP contribution in [0.25, 0.3) is 0 Å². The fourth-order valence-corrected chi connectivity index (χ4v) is 2.99. The lowest BCUT2D eigenvalue weighted by Gasteiger charge is -2.17. The van der Waals surface area contributed by atoms with Gasteiger partial charge in [-0.2, -0.15) is 0 Å². The van der Waals surface area contributed by atoms with Crippen molar-refractivity contribution in [3.63, 3.8) is 0 Å². The Bertz CT molecular complexity index is 739. The first-order chi connectivity index (χ1) is 12.9. The van der Waals surface area contributed by atoms with Crippen LogP contribution in [-0.2, 0) is 25.6 Å². The molecule has 1 aliphatic rings. The van der Waals surface area contributed by atoms with Crippen LogP contribution in [0.5, 0.6) is 0 Å². The van der Waals surface area contributed by atoms with Crippen molar-refractivity contribution >= 4 is 5.97 Å². The molecule has 2 aromatic rings. The molecule has 5 nitrogen and oxygen atoms in total. The lowest BCUT2D eigenvalue weighted by molar-refractivity contribution is -0.153. The van der Waals surface area contributed by atoms with E-state index in [2.05, 4.69) is 0 Å². The van der Waals surface area contributed by atoms with Gasteiger partial charge in [0.15, 0.2) is 5.79 Å². The summed E-state index contributed by atoms with van der Waals surface area (Å²) in [5.74, 6) is -1.10. The van der Waals surface area contributed by atoms with Gasteiger partial charge in [-0.1, -0.05) is 48.0 Å². The van der Waals surface area contributed by atoms with E-state index in [1.165, 1.54) is 0 Å². The lowest BCUT2D eigenvalue weighted by Crippen LogP contribution is -2.32. The molecule has 0 spiro atoms. The number of aryl methyl sites for hydroxylation is 1. The summed E-state index contributed by atoms with van der Waals surface area (Å²) in [4.78, 5) is 12.2. The van der Waals surface area contributed by atoms with Gasteiger partial charge < -0.3 is 18.9 Å². The number of hydrogen-bond donors (Lipinski definition) is 0. The van der Waals surface area contributed by atoms with E-state index in [0.717, 1.165) is 11.1 Å². The molecule has 2 atom stereocenters. The van der Waals surface area contributed by atoms with E-state index in [0.29, 0.717) is 18.8 Å². The first kappa shape index (κ1) is 19.5. The third kappa shape index (κ3) is 5.63. The molecule has 144 valence electrons. The first-order valence-electron chi connectivity index (χ1n) is 9.14. The molecular formula is C22H26O5. The van der Waals surface area contributed by atoms with Gasteiger partial charge in [-0.05, 0) is 38.5 Å². The van der Waals surface area contributed by atoms with Gasteiger partial charge in [0.05, 0.1) is 18.8 Å². The van der Waals surface area contributed by atoms with E-state index in [4.69, 9.17) is 18.9 Å². The van der Waals surface area contributed by atoms with Crippen molar-refractivity contribution in [3.8, 4) is 0 Å². The molecule has 1 aliphatic heterocycles. The maximum atomic E-state index is 12.2. The second kappa shape index (κ2) is 8.65. The molecule has 0 N–H and O–H groups in total. The summed E-state index contributed by atoms with van der Waals surface area (Å²) < 4.78 is 23.0. The van der Waals surface area contributed by atoms with E-state index in [-0.39, 0.29) is 24.8 Å². The average molecular weight is 370 g/mol. The lowest BCUT2D eigenvalue weighted by atomic mass is 10.1. The SMILES string of the molecule is Cc1ccc(C(=O)OC[C@@H]2OC(C)(C)O[C@H]2COCc2ccccc2)cc1. The molecule has 0 amide bonds. The van der Waals surface area contributed by atoms with Crippen molar-refractivity contribution in [1.82, 2.24) is 0 Å². The molecule has 0 radical (unpaired) electrons. The Hall–Kier alpha value is -2.21. The largest absolute Gasteiger partial charge is 0.459 e. The molecule has 0 saturated carbocycles. The van der Waals surface area contributed by atoms with Gasteiger partial charge in [0.1, 0.15) is 18.8 Å². The Morgan fingerprint density at radius 1 is 0.963 bits per heavy atom. The van der Waals surface area contributed by atoms with Crippen LogP contribution < -0.4 is 0 Å². The minimum atomic E-state index is -0.734. The number of esters is 1. The van der Waals surface area contributed by atoms with Crippen molar-refractivity contribution in [1.29, 1.82) is 0 Å². The van der Waals surface area contributed by atoms with Crippen molar-refractivity contribution in [2.45, 2.75) is 45.4 Å². The number of carbonyl (C=O) groups excluding carboxylic acids is 1.